The lowest BCUT2D eigenvalue weighted by Crippen LogP contribution is -2.05. The quantitative estimate of drug-likeness (QED) is 0.176. The van der Waals surface area contributed by atoms with Crippen molar-refractivity contribution in [3.8, 4) is 16.8 Å². The number of hydrogen-bond acceptors (Lipinski definition) is 3. The molecule has 0 bridgehead atoms. The van der Waals surface area contributed by atoms with Crippen LogP contribution in [-0.4, -0.2) is 16.1 Å². The Morgan fingerprint density at radius 2 is 1.13 bits per heavy atom. The molecule has 0 N–H and O–H groups in total. The molecule has 0 amide bonds. The number of fused-ring (bicyclic) bond motifs is 7. The number of rotatable bonds is 5. The highest BCUT2D eigenvalue weighted by molar-refractivity contribution is 6.19. The molecule has 11 rings (SSSR count). The van der Waals surface area contributed by atoms with Crippen molar-refractivity contribution in [3.05, 3.63) is 205 Å². The molecule has 0 radical (unpaired) electrons. The van der Waals surface area contributed by atoms with Gasteiger partial charge in [-0.25, -0.2) is 9.98 Å². The van der Waals surface area contributed by atoms with Gasteiger partial charge >= 0.3 is 0 Å². The highest BCUT2D eigenvalue weighted by Crippen LogP contribution is 2.43. The van der Waals surface area contributed by atoms with Crippen molar-refractivity contribution in [2.24, 2.45) is 9.98 Å². The molecule has 0 spiro atoms. The molecule has 0 aliphatic carbocycles. The van der Waals surface area contributed by atoms with Crippen LogP contribution in [0.15, 0.2) is 202 Å². The third-order valence-electron chi connectivity index (χ3n) is 10.8. The number of allylic oxidation sites excluding steroid dienone is 1. The molecule has 4 heteroatoms. The maximum Gasteiger partial charge on any atom is 0.160 e. The van der Waals surface area contributed by atoms with Crippen LogP contribution in [0.5, 0.6) is 0 Å². The van der Waals surface area contributed by atoms with Gasteiger partial charge in [0.15, 0.2) is 5.84 Å². The first-order valence-corrected chi connectivity index (χ1v) is 18.7. The van der Waals surface area contributed by atoms with Gasteiger partial charge in [-0.1, -0.05) is 146 Å². The van der Waals surface area contributed by atoms with Crippen molar-refractivity contribution in [2.45, 2.75) is 6.42 Å². The summed E-state index contributed by atoms with van der Waals surface area (Å²) in [4.78, 5) is 10.9. The first-order chi connectivity index (χ1) is 27.3. The second-order valence-electron chi connectivity index (χ2n) is 14.1. The highest BCUT2D eigenvalue weighted by Gasteiger charge is 2.24. The molecule has 258 valence electrons. The Balaban J connectivity index is 1.23. The summed E-state index contributed by atoms with van der Waals surface area (Å²) in [6, 6.07) is 64.1. The van der Waals surface area contributed by atoms with Crippen molar-refractivity contribution < 1.29 is 4.42 Å². The summed E-state index contributed by atoms with van der Waals surface area (Å²) in [5, 5.41) is 6.93. The van der Waals surface area contributed by atoms with Gasteiger partial charge < -0.3 is 8.98 Å². The third kappa shape index (κ3) is 5.22. The molecule has 55 heavy (non-hydrogen) atoms. The zero-order chi connectivity index (χ0) is 36.3. The molecule has 0 saturated heterocycles. The number of aliphatic imine (C=N–C) groups is 2. The SMILES string of the molecule is C1=C(c2c(-n3c4ccccc4c4cc5ccccc5cc43)ccc3oc4ccccc4c23)N=C(c2cccc(-c3ccccc3)c2)N=C(c2ccccc2)C1. The molecule has 0 fully saturated rings. The zero-order valence-electron chi connectivity index (χ0n) is 29.9. The summed E-state index contributed by atoms with van der Waals surface area (Å²) < 4.78 is 8.99. The molecular weight excluding hydrogens is 671 g/mol. The number of para-hydroxylation sites is 2. The van der Waals surface area contributed by atoms with E-state index in [-0.39, 0.29) is 0 Å². The summed E-state index contributed by atoms with van der Waals surface area (Å²) in [5.74, 6) is 0.671. The molecule has 3 heterocycles. The van der Waals surface area contributed by atoms with Crippen molar-refractivity contribution in [2.75, 3.05) is 0 Å². The molecule has 0 saturated carbocycles. The maximum absolute atomic E-state index is 6.57. The average molecular weight is 704 g/mol. The fourth-order valence-corrected chi connectivity index (χ4v) is 8.29. The van der Waals surface area contributed by atoms with E-state index in [1.54, 1.807) is 0 Å². The van der Waals surface area contributed by atoms with Crippen LogP contribution in [0.1, 0.15) is 23.1 Å². The van der Waals surface area contributed by atoms with Crippen molar-refractivity contribution in [1.82, 2.24) is 4.57 Å². The number of furan rings is 1. The Kier molecular flexibility index (Phi) is 7.20. The number of hydrogen-bond donors (Lipinski definition) is 0. The lowest BCUT2D eigenvalue weighted by molar-refractivity contribution is 0.669. The van der Waals surface area contributed by atoms with Gasteiger partial charge in [-0.15, -0.1) is 0 Å². The van der Waals surface area contributed by atoms with E-state index in [4.69, 9.17) is 14.4 Å². The molecular formula is C51H33N3O. The van der Waals surface area contributed by atoms with Crippen LogP contribution in [0.25, 0.3) is 77.0 Å². The van der Waals surface area contributed by atoms with Gasteiger partial charge in [0.2, 0.25) is 0 Å². The Morgan fingerprint density at radius 1 is 0.455 bits per heavy atom. The van der Waals surface area contributed by atoms with Crippen LogP contribution in [0.2, 0.25) is 0 Å². The minimum absolute atomic E-state index is 0.605. The molecule has 0 atom stereocenters. The Labute approximate surface area is 317 Å². The van der Waals surface area contributed by atoms with Crippen LogP contribution in [0.3, 0.4) is 0 Å². The normalized spacial score (nSPS) is 13.3. The number of amidine groups is 1. The smallest absolute Gasteiger partial charge is 0.160 e. The molecule has 0 unspecified atom stereocenters. The van der Waals surface area contributed by atoms with Crippen molar-refractivity contribution in [1.29, 1.82) is 0 Å². The predicted octanol–water partition coefficient (Wildman–Crippen LogP) is 13.2. The lowest BCUT2D eigenvalue weighted by atomic mass is 9.99. The largest absolute Gasteiger partial charge is 0.456 e. The fourth-order valence-electron chi connectivity index (χ4n) is 8.29. The summed E-state index contributed by atoms with van der Waals surface area (Å²) in [6.45, 7) is 0. The van der Waals surface area contributed by atoms with Gasteiger partial charge in [0.05, 0.1) is 28.1 Å². The first-order valence-electron chi connectivity index (χ1n) is 18.7. The zero-order valence-corrected chi connectivity index (χ0v) is 29.9. The van der Waals surface area contributed by atoms with Gasteiger partial charge in [0, 0.05) is 39.1 Å². The Bertz CT molecular complexity index is 3220. The van der Waals surface area contributed by atoms with Crippen molar-refractivity contribution >= 4 is 71.8 Å². The summed E-state index contributed by atoms with van der Waals surface area (Å²) in [6.07, 6.45) is 2.86. The van der Waals surface area contributed by atoms with Gasteiger partial charge in [-0.2, -0.15) is 0 Å². The van der Waals surface area contributed by atoms with E-state index < -0.39 is 0 Å². The Hall–Kier alpha value is -7.30. The second kappa shape index (κ2) is 12.7. The van der Waals surface area contributed by atoms with Gasteiger partial charge in [-0.3, -0.25) is 0 Å². The minimum atomic E-state index is 0.605. The van der Waals surface area contributed by atoms with E-state index in [1.807, 2.05) is 24.3 Å². The fraction of sp³-hybridized carbons (Fsp3) is 0.0196. The summed E-state index contributed by atoms with van der Waals surface area (Å²) in [7, 11) is 0. The van der Waals surface area contributed by atoms with E-state index in [1.165, 1.54) is 21.5 Å². The molecule has 1 aliphatic heterocycles. The third-order valence-corrected chi connectivity index (χ3v) is 10.8. The minimum Gasteiger partial charge on any atom is -0.456 e. The van der Waals surface area contributed by atoms with Gasteiger partial charge in [-0.05, 0) is 69.9 Å². The Morgan fingerprint density at radius 3 is 1.96 bits per heavy atom. The van der Waals surface area contributed by atoms with Crippen molar-refractivity contribution in [3.63, 3.8) is 0 Å². The van der Waals surface area contributed by atoms with E-state index in [0.29, 0.717) is 12.3 Å². The number of benzene rings is 8. The molecule has 4 nitrogen and oxygen atoms in total. The number of nitrogens with zero attached hydrogens (tertiary/aromatic N) is 3. The summed E-state index contributed by atoms with van der Waals surface area (Å²) >= 11 is 0. The van der Waals surface area contributed by atoms with E-state index in [9.17, 15) is 0 Å². The van der Waals surface area contributed by atoms with Crippen LogP contribution in [0.4, 0.5) is 0 Å². The molecule has 8 aromatic carbocycles. The molecule has 1 aliphatic rings. The molecule has 10 aromatic rings. The van der Waals surface area contributed by atoms with Crippen LogP contribution in [-0.2, 0) is 0 Å². The van der Waals surface area contributed by atoms with Crippen LogP contribution in [0, 0.1) is 0 Å². The predicted molar refractivity (Wildman–Crippen MR) is 230 cm³/mol. The standard InChI is InChI=1S/C51H33N3O/c1-3-14-33(15-4-1)35-20-13-21-38(30-35)51-52-42(34-16-5-2-6-17-34)26-27-43(53-51)50-45(28-29-48-49(50)40-23-10-12-25-47(40)55-48)54-44-24-11-9-22-39(44)41-31-36-18-7-8-19-37(36)32-46(41)54/h1-25,27-32H,26H2. The van der Waals surface area contributed by atoms with Crippen LogP contribution >= 0.6 is 0 Å². The molecule has 2 aromatic heterocycles. The monoisotopic (exact) mass is 703 g/mol. The maximum atomic E-state index is 6.57. The van der Waals surface area contributed by atoms with E-state index in [0.717, 1.165) is 77.9 Å². The van der Waals surface area contributed by atoms with Crippen LogP contribution < -0.4 is 0 Å². The highest BCUT2D eigenvalue weighted by atomic mass is 16.3. The van der Waals surface area contributed by atoms with E-state index >= 15 is 0 Å². The van der Waals surface area contributed by atoms with Gasteiger partial charge in [0.25, 0.3) is 0 Å². The van der Waals surface area contributed by atoms with Gasteiger partial charge in [0.1, 0.15) is 11.2 Å². The lowest BCUT2D eigenvalue weighted by Gasteiger charge is -2.16. The topological polar surface area (TPSA) is 42.8 Å². The second-order valence-corrected chi connectivity index (χ2v) is 14.1. The van der Waals surface area contributed by atoms with E-state index in [2.05, 4.69) is 168 Å². The first kappa shape index (κ1) is 31.2. The number of aromatic nitrogens is 1. The summed E-state index contributed by atoms with van der Waals surface area (Å²) in [5.41, 5.74) is 12.1. The average Bonchev–Trinajstić information content (AvgIpc) is 3.69.